The maximum Gasteiger partial charge on any atom is 0.256 e. The topological polar surface area (TPSA) is 69.7 Å². The Morgan fingerprint density at radius 3 is 2.73 bits per heavy atom. The van der Waals surface area contributed by atoms with Crippen LogP contribution in [0.4, 0.5) is 5.69 Å². The molecule has 0 saturated heterocycles. The Balaban J connectivity index is 1.93. The van der Waals surface area contributed by atoms with Gasteiger partial charge >= 0.3 is 0 Å². The molecule has 0 aliphatic heterocycles. The van der Waals surface area contributed by atoms with Crippen molar-refractivity contribution >= 4 is 11.6 Å². The number of carbonyl (C=O) groups excluding carboxylic acids is 1. The maximum absolute atomic E-state index is 12.5. The van der Waals surface area contributed by atoms with E-state index in [1.54, 1.807) is 25.4 Å². The first-order chi connectivity index (χ1) is 10.6. The fourth-order valence-electron chi connectivity index (χ4n) is 2.33. The number of rotatable bonds is 9. The van der Waals surface area contributed by atoms with E-state index in [2.05, 4.69) is 10.3 Å². The lowest BCUT2D eigenvalue weighted by Crippen LogP contribution is -2.44. The summed E-state index contributed by atoms with van der Waals surface area (Å²) in [5, 5.41) is 2.88. The van der Waals surface area contributed by atoms with Gasteiger partial charge in [0.05, 0.1) is 18.5 Å². The average molecular weight is 308 g/mol. The number of aromatic nitrogens is 1. The Labute approximate surface area is 131 Å². The van der Waals surface area contributed by atoms with Gasteiger partial charge in [-0.1, -0.05) is 0 Å². The van der Waals surface area contributed by atoms with Crippen molar-refractivity contribution in [2.45, 2.75) is 32.3 Å². The number of pyridine rings is 1. The highest BCUT2D eigenvalue weighted by Gasteiger charge is 2.48. The molecule has 1 heterocycles. The third-order valence-electron chi connectivity index (χ3n) is 3.78. The van der Waals surface area contributed by atoms with Crippen LogP contribution in [0, 0.1) is 5.92 Å². The van der Waals surface area contributed by atoms with Crippen LogP contribution in [-0.4, -0.2) is 43.4 Å². The second-order valence-corrected chi connectivity index (χ2v) is 5.49. The number of hydrogen-bond donors (Lipinski definition) is 1. The Kier molecular flexibility index (Phi) is 5.74. The van der Waals surface area contributed by atoms with Gasteiger partial charge in [-0.05, 0) is 38.7 Å². The van der Waals surface area contributed by atoms with Crippen molar-refractivity contribution < 1.29 is 19.0 Å². The third kappa shape index (κ3) is 4.18. The van der Waals surface area contributed by atoms with Crippen molar-refractivity contribution in [2.75, 3.05) is 32.2 Å². The molecule has 2 rings (SSSR count). The normalized spacial score (nSPS) is 16.9. The van der Waals surface area contributed by atoms with Gasteiger partial charge in [0.25, 0.3) is 5.91 Å². The van der Waals surface area contributed by atoms with Gasteiger partial charge in [-0.25, -0.2) is 4.98 Å². The lowest BCUT2D eigenvalue weighted by molar-refractivity contribution is -0.141. The lowest BCUT2D eigenvalue weighted by atomic mass is 9.99. The van der Waals surface area contributed by atoms with Crippen LogP contribution in [0.3, 0.4) is 0 Å². The third-order valence-corrected chi connectivity index (χ3v) is 3.78. The quantitative estimate of drug-likeness (QED) is 0.709. The van der Waals surface area contributed by atoms with E-state index in [4.69, 9.17) is 14.2 Å². The molecule has 1 fully saturated rings. The number of nitrogens with zero attached hydrogens (tertiary/aromatic N) is 1. The molecule has 122 valence electrons. The van der Waals surface area contributed by atoms with Gasteiger partial charge in [0.1, 0.15) is 12.2 Å². The summed E-state index contributed by atoms with van der Waals surface area (Å²) in [4.78, 5) is 16.6. The number of amides is 1. The van der Waals surface area contributed by atoms with Gasteiger partial charge in [0.2, 0.25) is 5.88 Å². The number of anilines is 1. The van der Waals surface area contributed by atoms with E-state index in [-0.39, 0.29) is 5.91 Å². The van der Waals surface area contributed by atoms with Gasteiger partial charge in [-0.15, -0.1) is 0 Å². The van der Waals surface area contributed by atoms with Crippen molar-refractivity contribution in [1.29, 1.82) is 0 Å². The Morgan fingerprint density at radius 2 is 2.18 bits per heavy atom. The first-order valence-electron chi connectivity index (χ1n) is 7.63. The van der Waals surface area contributed by atoms with E-state index in [0.29, 0.717) is 37.3 Å². The van der Waals surface area contributed by atoms with Gasteiger partial charge < -0.3 is 19.5 Å². The first-order valence-corrected chi connectivity index (χ1v) is 7.63. The summed E-state index contributed by atoms with van der Waals surface area (Å²) in [6, 6.07) is 3.49. The van der Waals surface area contributed by atoms with Crippen LogP contribution in [0.2, 0.25) is 0 Å². The summed E-state index contributed by atoms with van der Waals surface area (Å²) in [6.45, 7) is 5.24. The molecule has 1 atom stereocenters. The molecule has 1 aromatic rings. The molecule has 0 bridgehead atoms. The fraction of sp³-hybridized carbons (Fsp3) is 0.625. The number of ether oxygens (including phenoxy) is 3. The largest absolute Gasteiger partial charge is 0.475 e. The minimum absolute atomic E-state index is 0.119. The Bertz CT molecular complexity index is 487. The molecule has 1 aliphatic carbocycles. The molecule has 6 nitrogen and oxygen atoms in total. The monoisotopic (exact) mass is 308 g/mol. The predicted molar refractivity (Wildman–Crippen MR) is 83.0 cm³/mol. The average Bonchev–Trinajstić information content (AvgIpc) is 3.34. The molecule has 1 amide bonds. The molecule has 1 N–H and O–H groups in total. The zero-order valence-electron chi connectivity index (χ0n) is 13.4. The molecule has 22 heavy (non-hydrogen) atoms. The molecule has 0 unspecified atom stereocenters. The maximum atomic E-state index is 12.5. The highest BCUT2D eigenvalue weighted by atomic mass is 16.5. The zero-order valence-corrected chi connectivity index (χ0v) is 13.4. The van der Waals surface area contributed by atoms with Crippen molar-refractivity contribution in [1.82, 2.24) is 4.98 Å². The molecule has 1 aliphatic rings. The molecule has 0 spiro atoms. The SMILES string of the molecule is CCO[C@](C)(C(=O)Nc1ccc(OCCOC)nc1)C1CC1. The summed E-state index contributed by atoms with van der Waals surface area (Å²) >= 11 is 0. The van der Waals surface area contributed by atoms with Crippen molar-refractivity contribution in [3.05, 3.63) is 18.3 Å². The van der Waals surface area contributed by atoms with Crippen molar-refractivity contribution in [3.63, 3.8) is 0 Å². The summed E-state index contributed by atoms with van der Waals surface area (Å²) in [5.41, 5.74) is -0.127. The van der Waals surface area contributed by atoms with Crippen LogP contribution in [0.1, 0.15) is 26.7 Å². The van der Waals surface area contributed by atoms with Crippen LogP contribution in [-0.2, 0) is 14.3 Å². The second-order valence-electron chi connectivity index (χ2n) is 5.49. The van der Waals surface area contributed by atoms with E-state index < -0.39 is 5.60 Å². The van der Waals surface area contributed by atoms with E-state index in [0.717, 1.165) is 12.8 Å². The number of nitrogens with one attached hydrogen (secondary N) is 1. The first kappa shape index (κ1) is 16.7. The minimum atomic E-state index is -0.762. The molecular formula is C16H24N2O4. The summed E-state index contributed by atoms with van der Waals surface area (Å²) < 4.78 is 16.0. The molecule has 1 aromatic heterocycles. The molecule has 1 saturated carbocycles. The Hall–Kier alpha value is -1.66. The van der Waals surface area contributed by atoms with E-state index in [9.17, 15) is 4.79 Å². The lowest BCUT2D eigenvalue weighted by Gasteiger charge is -2.28. The van der Waals surface area contributed by atoms with Gasteiger partial charge in [-0.3, -0.25) is 4.79 Å². The fourth-order valence-corrected chi connectivity index (χ4v) is 2.33. The van der Waals surface area contributed by atoms with E-state index in [1.807, 2.05) is 13.8 Å². The van der Waals surface area contributed by atoms with Crippen molar-refractivity contribution in [2.24, 2.45) is 5.92 Å². The Morgan fingerprint density at radius 1 is 1.41 bits per heavy atom. The predicted octanol–water partition coefficient (Wildman–Crippen LogP) is 2.25. The molecule has 0 aromatic carbocycles. The van der Waals surface area contributed by atoms with Gasteiger partial charge in [0, 0.05) is 19.8 Å². The van der Waals surface area contributed by atoms with Gasteiger partial charge in [-0.2, -0.15) is 0 Å². The van der Waals surface area contributed by atoms with E-state index in [1.165, 1.54) is 0 Å². The van der Waals surface area contributed by atoms with Gasteiger partial charge in [0.15, 0.2) is 0 Å². The number of methoxy groups -OCH3 is 1. The zero-order chi connectivity index (χ0) is 16.0. The highest BCUT2D eigenvalue weighted by molar-refractivity contribution is 5.97. The van der Waals surface area contributed by atoms with Crippen LogP contribution in [0.15, 0.2) is 18.3 Å². The summed E-state index contributed by atoms with van der Waals surface area (Å²) in [7, 11) is 1.62. The van der Waals surface area contributed by atoms with Crippen LogP contribution in [0.25, 0.3) is 0 Å². The molecular weight excluding hydrogens is 284 g/mol. The highest BCUT2D eigenvalue weighted by Crippen LogP contribution is 2.42. The smallest absolute Gasteiger partial charge is 0.256 e. The summed E-state index contributed by atoms with van der Waals surface area (Å²) in [6.07, 6.45) is 3.65. The minimum Gasteiger partial charge on any atom is -0.475 e. The van der Waals surface area contributed by atoms with Crippen LogP contribution < -0.4 is 10.1 Å². The van der Waals surface area contributed by atoms with Crippen LogP contribution >= 0.6 is 0 Å². The van der Waals surface area contributed by atoms with E-state index >= 15 is 0 Å². The molecule has 6 heteroatoms. The number of hydrogen-bond acceptors (Lipinski definition) is 5. The summed E-state index contributed by atoms with van der Waals surface area (Å²) in [5.74, 6) is 0.688. The van der Waals surface area contributed by atoms with Crippen molar-refractivity contribution in [3.8, 4) is 5.88 Å². The number of carbonyl (C=O) groups is 1. The van der Waals surface area contributed by atoms with Crippen LogP contribution in [0.5, 0.6) is 5.88 Å². The second kappa shape index (κ2) is 7.56. The standard InChI is InChI=1S/C16H24N2O4/c1-4-22-16(2,12-5-6-12)15(19)18-13-7-8-14(17-11-13)21-10-9-20-3/h7-8,11-12H,4-6,9-10H2,1-3H3,(H,18,19)/t16-/m0/s1. The molecule has 0 radical (unpaired) electrons.